The summed E-state index contributed by atoms with van der Waals surface area (Å²) in [5, 5.41) is 6.24. The fraction of sp³-hybridized carbons (Fsp3) is 0.188. The molecule has 1 amide bonds. The Morgan fingerprint density at radius 1 is 1.24 bits per heavy atom. The van der Waals surface area contributed by atoms with Crippen molar-refractivity contribution in [3.63, 3.8) is 0 Å². The number of pyridine rings is 1. The number of thiophene rings is 1. The van der Waals surface area contributed by atoms with Crippen molar-refractivity contribution in [1.29, 1.82) is 0 Å². The van der Waals surface area contributed by atoms with E-state index in [0.717, 1.165) is 16.9 Å². The van der Waals surface area contributed by atoms with Crippen LogP contribution in [-0.4, -0.2) is 16.0 Å². The van der Waals surface area contributed by atoms with E-state index < -0.39 is 11.9 Å². The second-order valence-corrected chi connectivity index (χ2v) is 6.38. The third-order valence-corrected chi connectivity index (χ3v) is 4.60. The number of carbonyl (C=O) groups excluding carboxylic acids is 1. The summed E-state index contributed by atoms with van der Waals surface area (Å²) in [6, 6.07) is 4.75. The van der Waals surface area contributed by atoms with Gasteiger partial charge < -0.3 is 9.84 Å². The molecule has 0 bridgehead atoms. The summed E-state index contributed by atoms with van der Waals surface area (Å²) in [7, 11) is 0. The second-order valence-electron chi connectivity index (χ2n) is 5.29. The maximum Gasteiger partial charge on any atom is 0.452 e. The lowest BCUT2D eigenvalue weighted by atomic mass is 10.2. The van der Waals surface area contributed by atoms with Crippen molar-refractivity contribution in [2.75, 3.05) is 5.32 Å². The molecule has 3 aromatic heterocycles. The molecule has 3 rings (SSSR count). The van der Waals surface area contributed by atoms with Gasteiger partial charge in [0.15, 0.2) is 0 Å². The van der Waals surface area contributed by atoms with Gasteiger partial charge in [-0.2, -0.15) is 13.2 Å². The van der Waals surface area contributed by atoms with E-state index in [1.165, 1.54) is 13.0 Å². The molecule has 5 nitrogen and oxygen atoms in total. The van der Waals surface area contributed by atoms with Crippen LogP contribution < -0.4 is 5.32 Å². The Labute approximate surface area is 144 Å². The molecule has 25 heavy (non-hydrogen) atoms. The van der Waals surface area contributed by atoms with E-state index in [4.69, 9.17) is 0 Å². The number of nitrogens with one attached hydrogen (secondary N) is 1. The number of amides is 1. The molecule has 1 N–H and O–H groups in total. The van der Waals surface area contributed by atoms with Gasteiger partial charge in [0.2, 0.25) is 5.76 Å². The van der Waals surface area contributed by atoms with Gasteiger partial charge in [-0.25, -0.2) is 0 Å². The predicted octanol–water partition coefficient (Wildman–Crippen LogP) is 4.69. The Balaban J connectivity index is 1.85. The van der Waals surface area contributed by atoms with Gasteiger partial charge in [0, 0.05) is 23.6 Å². The van der Waals surface area contributed by atoms with Crippen molar-refractivity contribution >= 4 is 22.9 Å². The smallest absolute Gasteiger partial charge is 0.351 e. The molecule has 0 saturated carbocycles. The van der Waals surface area contributed by atoms with Gasteiger partial charge in [-0.15, -0.1) is 11.3 Å². The van der Waals surface area contributed by atoms with Crippen LogP contribution in [0.15, 0.2) is 35.1 Å². The Bertz CT molecular complexity index is 931. The number of aromatic nitrogens is 2. The molecule has 130 valence electrons. The highest BCUT2D eigenvalue weighted by Crippen LogP contribution is 2.38. The first kappa shape index (κ1) is 17.2. The fourth-order valence-electron chi connectivity index (χ4n) is 2.21. The number of anilines is 1. The van der Waals surface area contributed by atoms with Crippen molar-refractivity contribution in [1.82, 2.24) is 10.1 Å². The molecule has 0 atom stereocenters. The monoisotopic (exact) mass is 367 g/mol. The average molecular weight is 367 g/mol. The van der Waals surface area contributed by atoms with Crippen LogP contribution in [0.3, 0.4) is 0 Å². The molecular weight excluding hydrogens is 355 g/mol. The number of carbonyl (C=O) groups is 1. The third-order valence-electron chi connectivity index (χ3n) is 3.51. The van der Waals surface area contributed by atoms with Crippen molar-refractivity contribution in [3.8, 4) is 10.6 Å². The molecule has 0 aliphatic rings. The SMILES string of the molecule is Cc1cnccc1NC(=O)c1ccc(-c2noc(C(F)(F)F)c2C)s1. The second kappa shape index (κ2) is 6.32. The summed E-state index contributed by atoms with van der Waals surface area (Å²) in [5.74, 6) is -1.49. The molecule has 0 unspecified atom stereocenters. The van der Waals surface area contributed by atoms with E-state index in [0.29, 0.717) is 15.4 Å². The van der Waals surface area contributed by atoms with Crippen LogP contribution in [0.5, 0.6) is 0 Å². The van der Waals surface area contributed by atoms with Gasteiger partial charge in [-0.1, -0.05) is 5.16 Å². The summed E-state index contributed by atoms with van der Waals surface area (Å²) in [6.07, 6.45) is -1.43. The topological polar surface area (TPSA) is 68.0 Å². The zero-order valence-corrected chi connectivity index (χ0v) is 14.0. The van der Waals surface area contributed by atoms with Gasteiger partial charge in [0.1, 0.15) is 5.69 Å². The molecule has 0 aliphatic heterocycles. The van der Waals surface area contributed by atoms with E-state index in [1.54, 1.807) is 31.5 Å². The number of hydrogen-bond acceptors (Lipinski definition) is 5. The summed E-state index contributed by atoms with van der Waals surface area (Å²) in [4.78, 5) is 17.0. The molecule has 3 aromatic rings. The average Bonchev–Trinajstić information content (AvgIpc) is 3.15. The first-order valence-electron chi connectivity index (χ1n) is 7.13. The summed E-state index contributed by atoms with van der Waals surface area (Å²) in [6.45, 7) is 3.09. The molecule has 3 heterocycles. The molecule has 0 radical (unpaired) electrons. The number of alkyl halides is 3. The fourth-order valence-corrected chi connectivity index (χ4v) is 3.15. The highest BCUT2D eigenvalue weighted by molar-refractivity contribution is 7.17. The largest absolute Gasteiger partial charge is 0.452 e. The molecule has 0 aromatic carbocycles. The zero-order chi connectivity index (χ0) is 18.2. The quantitative estimate of drug-likeness (QED) is 0.729. The molecule has 9 heteroatoms. The minimum atomic E-state index is -4.61. The van der Waals surface area contributed by atoms with Crippen LogP contribution in [-0.2, 0) is 6.18 Å². The van der Waals surface area contributed by atoms with Crippen LogP contribution in [0, 0.1) is 13.8 Å². The first-order valence-corrected chi connectivity index (χ1v) is 7.94. The van der Waals surface area contributed by atoms with Gasteiger partial charge in [0.25, 0.3) is 5.91 Å². The number of aryl methyl sites for hydroxylation is 1. The highest BCUT2D eigenvalue weighted by atomic mass is 32.1. The Kier molecular flexibility index (Phi) is 4.34. The minimum absolute atomic E-state index is 0.0801. The number of rotatable bonds is 3. The maximum absolute atomic E-state index is 12.8. The lowest BCUT2D eigenvalue weighted by molar-refractivity contribution is -0.156. The summed E-state index contributed by atoms with van der Waals surface area (Å²) < 4.78 is 42.8. The van der Waals surface area contributed by atoms with E-state index >= 15 is 0 Å². The molecule has 0 spiro atoms. The molecule has 0 aliphatic carbocycles. The summed E-state index contributed by atoms with van der Waals surface area (Å²) in [5.41, 5.74) is 1.39. The predicted molar refractivity (Wildman–Crippen MR) is 86.5 cm³/mol. The highest BCUT2D eigenvalue weighted by Gasteiger charge is 2.39. The van der Waals surface area contributed by atoms with Gasteiger partial charge in [0.05, 0.1) is 9.75 Å². The minimum Gasteiger partial charge on any atom is -0.351 e. The molecule has 0 saturated heterocycles. The van der Waals surface area contributed by atoms with Gasteiger partial charge in [-0.3, -0.25) is 9.78 Å². The van der Waals surface area contributed by atoms with E-state index in [2.05, 4.69) is 20.0 Å². The Morgan fingerprint density at radius 2 is 2.00 bits per heavy atom. The first-order chi connectivity index (χ1) is 11.8. The van der Waals surface area contributed by atoms with Crippen LogP contribution in [0.4, 0.5) is 18.9 Å². The third kappa shape index (κ3) is 3.41. The molecule has 0 fully saturated rings. The standard InChI is InChI=1S/C16H12F3N3O2S/c1-8-7-20-6-5-10(8)21-15(23)12-4-3-11(25-12)13-9(2)14(24-22-13)16(17,18)19/h3-7H,1-2H3,(H,20,21,23). The van der Waals surface area contributed by atoms with Gasteiger partial charge in [-0.05, 0) is 37.6 Å². The summed E-state index contributed by atoms with van der Waals surface area (Å²) >= 11 is 1.04. The number of hydrogen-bond donors (Lipinski definition) is 1. The molecular formula is C16H12F3N3O2S. The number of nitrogens with zero attached hydrogens (tertiary/aromatic N) is 2. The van der Waals surface area contributed by atoms with Crippen molar-refractivity contribution < 1.29 is 22.5 Å². The lowest BCUT2D eigenvalue weighted by Gasteiger charge is -2.05. The van der Waals surface area contributed by atoms with Crippen molar-refractivity contribution in [2.24, 2.45) is 0 Å². The van der Waals surface area contributed by atoms with Crippen LogP contribution in [0.1, 0.15) is 26.6 Å². The van der Waals surface area contributed by atoms with E-state index in [9.17, 15) is 18.0 Å². The zero-order valence-electron chi connectivity index (χ0n) is 13.1. The van der Waals surface area contributed by atoms with Crippen LogP contribution in [0.25, 0.3) is 10.6 Å². The number of halogens is 3. The Hall–Kier alpha value is -2.68. The maximum atomic E-state index is 12.8. The van der Waals surface area contributed by atoms with Crippen molar-refractivity contribution in [3.05, 3.63) is 52.4 Å². The lowest BCUT2D eigenvalue weighted by Crippen LogP contribution is -2.11. The van der Waals surface area contributed by atoms with Gasteiger partial charge >= 0.3 is 6.18 Å². The van der Waals surface area contributed by atoms with Crippen molar-refractivity contribution in [2.45, 2.75) is 20.0 Å². The van der Waals surface area contributed by atoms with E-state index in [1.807, 2.05) is 0 Å². The van der Waals surface area contributed by atoms with Crippen LogP contribution >= 0.6 is 11.3 Å². The Morgan fingerprint density at radius 3 is 2.64 bits per heavy atom. The van der Waals surface area contributed by atoms with E-state index in [-0.39, 0.29) is 17.2 Å². The van der Waals surface area contributed by atoms with Crippen LogP contribution in [0.2, 0.25) is 0 Å². The normalized spacial score (nSPS) is 11.6.